The fourth-order valence-electron chi connectivity index (χ4n) is 1.99. The van der Waals surface area contributed by atoms with Gasteiger partial charge in [-0.2, -0.15) is 0 Å². The van der Waals surface area contributed by atoms with Crippen LogP contribution in [0.15, 0.2) is 36.8 Å². The van der Waals surface area contributed by atoms with Gasteiger partial charge in [0.1, 0.15) is 6.04 Å². The van der Waals surface area contributed by atoms with Crippen molar-refractivity contribution < 1.29 is 19.1 Å². The molecular formula is C17H17N3O4. The van der Waals surface area contributed by atoms with E-state index in [9.17, 15) is 9.59 Å². The van der Waals surface area contributed by atoms with Crippen molar-refractivity contribution in [2.45, 2.75) is 12.5 Å². The standard InChI is InChI=1S/C17H17N3O4/c1-3-12-4-6-13(7-5-12)16(21)20-15(17(22)24-11-23-2)8-14-9-18-10-19-14/h1,4-7,9-10,15H,8,11H2,2H3,(H,18,19)(H,20,21)/t15-/m1/s1. The molecule has 7 nitrogen and oxygen atoms in total. The third-order valence-corrected chi connectivity index (χ3v) is 3.20. The molecule has 2 aromatic rings. The van der Waals surface area contributed by atoms with Crippen LogP contribution in [-0.4, -0.2) is 41.8 Å². The molecule has 24 heavy (non-hydrogen) atoms. The van der Waals surface area contributed by atoms with Crippen LogP contribution >= 0.6 is 0 Å². The van der Waals surface area contributed by atoms with Crippen molar-refractivity contribution in [3.05, 3.63) is 53.6 Å². The molecule has 1 atom stereocenters. The average Bonchev–Trinajstić information content (AvgIpc) is 3.12. The molecule has 1 heterocycles. The summed E-state index contributed by atoms with van der Waals surface area (Å²) in [5, 5.41) is 2.65. The molecule has 0 aliphatic heterocycles. The van der Waals surface area contributed by atoms with Crippen LogP contribution in [0.25, 0.3) is 0 Å². The number of terminal acetylenes is 1. The normalized spacial score (nSPS) is 11.3. The summed E-state index contributed by atoms with van der Waals surface area (Å²) in [7, 11) is 1.41. The Morgan fingerprint density at radius 1 is 1.38 bits per heavy atom. The minimum absolute atomic E-state index is 0.189. The Labute approximate surface area is 139 Å². The van der Waals surface area contributed by atoms with Crippen LogP contribution in [0.1, 0.15) is 21.6 Å². The summed E-state index contributed by atoms with van der Waals surface area (Å²) >= 11 is 0. The molecule has 0 saturated heterocycles. The number of nitrogens with zero attached hydrogens (tertiary/aromatic N) is 1. The summed E-state index contributed by atoms with van der Waals surface area (Å²) < 4.78 is 9.66. The number of carbonyl (C=O) groups is 2. The molecule has 0 unspecified atom stereocenters. The predicted molar refractivity (Wildman–Crippen MR) is 85.9 cm³/mol. The van der Waals surface area contributed by atoms with Gasteiger partial charge >= 0.3 is 5.97 Å². The summed E-state index contributed by atoms with van der Waals surface area (Å²) in [6, 6.07) is 5.63. The molecule has 1 aromatic heterocycles. The highest BCUT2D eigenvalue weighted by atomic mass is 16.7. The zero-order valence-electron chi connectivity index (χ0n) is 13.1. The highest BCUT2D eigenvalue weighted by molar-refractivity contribution is 5.96. The van der Waals surface area contributed by atoms with E-state index < -0.39 is 17.9 Å². The number of H-pyrrole nitrogens is 1. The number of benzene rings is 1. The Morgan fingerprint density at radius 3 is 2.71 bits per heavy atom. The molecule has 1 amide bonds. The number of hydrogen-bond acceptors (Lipinski definition) is 5. The third-order valence-electron chi connectivity index (χ3n) is 3.20. The van der Waals surface area contributed by atoms with Gasteiger partial charge in [-0.3, -0.25) is 4.79 Å². The fraction of sp³-hybridized carbons (Fsp3) is 0.235. The minimum Gasteiger partial charge on any atom is -0.437 e. The van der Waals surface area contributed by atoms with E-state index in [4.69, 9.17) is 15.9 Å². The van der Waals surface area contributed by atoms with Crippen molar-refractivity contribution in [2.24, 2.45) is 0 Å². The number of carbonyl (C=O) groups excluding carboxylic acids is 2. The second kappa shape index (κ2) is 8.50. The maximum atomic E-state index is 12.3. The van der Waals surface area contributed by atoms with Gasteiger partial charge in [0.05, 0.1) is 6.33 Å². The molecule has 7 heteroatoms. The zero-order chi connectivity index (χ0) is 17.4. The van der Waals surface area contributed by atoms with E-state index in [1.54, 1.807) is 30.5 Å². The monoisotopic (exact) mass is 327 g/mol. The van der Waals surface area contributed by atoms with Crippen LogP contribution in [0, 0.1) is 12.3 Å². The van der Waals surface area contributed by atoms with Crippen molar-refractivity contribution in [3.8, 4) is 12.3 Å². The van der Waals surface area contributed by atoms with Crippen LogP contribution in [0.5, 0.6) is 0 Å². The quantitative estimate of drug-likeness (QED) is 0.447. The molecule has 0 saturated carbocycles. The lowest BCUT2D eigenvalue weighted by molar-refractivity contribution is -0.156. The van der Waals surface area contributed by atoms with E-state index >= 15 is 0 Å². The first-order valence-electron chi connectivity index (χ1n) is 7.14. The van der Waals surface area contributed by atoms with Gasteiger partial charge in [-0.1, -0.05) is 5.92 Å². The first-order chi connectivity index (χ1) is 11.6. The summed E-state index contributed by atoms with van der Waals surface area (Å²) in [4.78, 5) is 31.2. The fourth-order valence-corrected chi connectivity index (χ4v) is 1.99. The Morgan fingerprint density at radius 2 is 2.12 bits per heavy atom. The van der Waals surface area contributed by atoms with Gasteiger partial charge in [0.15, 0.2) is 6.79 Å². The van der Waals surface area contributed by atoms with Gasteiger partial charge in [0.2, 0.25) is 0 Å². The number of amides is 1. The summed E-state index contributed by atoms with van der Waals surface area (Å²) in [6.45, 7) is -0.189. The van der Waals surface area contributed by atoms with Crippen LogP contribution < -0.4 is 5.32 Å². The molecule has 0 spiro atoms. The largest absolute Gasteiger partial charge is 0.437 e. The lowest BCUT2D eigenvalue weighted by atomic mass is 10.1. The Kier molecular flexibility index (Phi) is 6.11. The summed E-state index contributed by atoms with van der Waals surface area (Å²) in [5.74, 6) is 1.47. The number of aromatic amines is 1. The molecule has 0 bridgehead atoms. The molecule has 0 aliphatic carbocycles. The first-order valence-corrected chi connectivity index (χ1v) is 7.14. The number of rotatable bonds is 7. The van der Waals surface area contributed by atoms with Crippen molar-refractivity contribution in [1.29, 1.82) is 0 Å². The van der Waals surface area contributed by atoms with Gasteiger partial charge in [0, 0.05) is 36.5 Å². The second-order valence-electron chi connectivity index (χ2n) is 4.90. The van der Waals surface area contributed by atoms with Gasteiger partial charge in [0.25, 0.3) is 5.91 Å². The molecule has 1 aromatic carbocycles. The van der Waals surface area contributed by atoms with E-state index in [1.165, 1.54) is 13.4 Å². The van der Waals surface area contributed by atoms with Crippen molar-refractivity contribution in [1.82, 2.24) is 15.3 Å². The van der Waals surface area contributed by atoms with E-state index in [0.29, 0.717) is 16.8 Å². The van der Waals surface area contributed by atoms with Crippen LogP contribution in [0.3, 0.4) is 0 Å². The highest BCUT2D eigenvalue weighted by Crippen LogP contribution is 2.06. The van der Waals surface area contributed by atoms with Gasteiger partial charge in [-0.05, 0) is 24.3 Å². The number of methoxy groups -OCH3 is 1. The van der Waals surface area contributed by atoms with Gasteiger partial charge in [-0.15, -0.1) is 6.42 Å². The zero-order valence-corrected chi connectivity index (χ0v) is 13.1. The van der Waals surface area contributed by atoms with Crippen molar-refractivity contribution in [3.63, 3.8) is 0 Å². The Balaban J connectivity index is 2.09. The van der Waals surface area contributed by atoms with Crippen LogP contribution in [-0.2, 0) is 20.7 Å². The van der Waals surface area contributed by atoms with E-state index in [-0.39, 0.29) is 13.2 Å². The lowest BCUT2D eigenvalue weighted by Crippen LogP contribution is -2.43. The highest BCUT2D eigenvalue weighted by Gasteiger charge is 2.24. The summed E-state index contributed by atoms with van der Waals surface area (Å²) in [6.07, 6.45) is 8.57. The molecule has 0 radical (unpaired) electrons. The molecule has 0 fully saturated rings. The van der Waals surface area contributed by atoms with Crippen molar-refractivity contribution >= 4 is 11.9 Å². The Bertz CT molecular complexity index is 717. The second-order valence-corrected chi connectivity index (χ2v) is 4.90. The number of nitrogens with one attached hydrogen (secondary N) is 2. The van der Waals surface area contributed by atoms with E-state index in [2.05, 4.69) is 21.2 Å². The van der Waals surface area contributed by atoms with E-state index in [1.807, 2.05) is 0 Å². The number of esters is 1. The number of imidazole rings is 1. The van der Waals surface area contributed by atoms with Crippen molar-refractivity contribution in [2.75, 3.05) is 13.9 Å². The lowest BCUT2D eigenvalue weighted by Gasteiger charge is -2.17. The van der Waals surface area contributed by atoms with E-state index in [0.717, 1.165) is 0 Å². The SMILES string of the molecule is C#Cc1ccc(C(=O)N[C@H](Cc2cnc[nH]2)C(=O)OCOC)cc1. The average molecular weight is 327 g/mol. The Hall–Kier alpha value is -3.11. The predicted octanol–water partition coefficient (Wildman–Crippen LogP) is 0.879. The maximum Gasteiger partial charge on any atom is 0.331 e. The molecule has 0 aliphatic rings. The molecule has 2 N–H and O–H groups in total. The molecular weight excluding hydrogens is 310 g/mol. The maximum absolute atomic E-state index is 12.3. The number of hydrogen-bond donors (Lipinski definition) is 2. The van der Waals surface area contributed by atoms with Crippen LogP contribution in [0.4, 0.5) is 0 Å². The smallest absolute Gasteiger partial charge is 0.331 e. The minimum atomic E-state index is -0.875. The molecule has 124 valence electrons. The third kappa shape index (κ3) is 4.69. The van der Waals surface area contributed by atoms with Gasteiger partial charge in [-0.25, -0.2) is 9.78 Å². The first kappa shape index (κ1) is 17.2. The summed E-state index contributed by atoms with van der Waals surface area (Å²) in [5.41, 5.74) is 1.75. The van der Waals surface area contributed by atoms with Gasteiger partial charge < -0.3 is 19.8 Å². The van der Waals surface area contributed by atoms with Crippen LogP contribution in [0.2, 0.25) is 0 Å². The topological polar surface area (TPSA) is 93.3 Å². The molecule has 2 rings (SSSR count). The number of ether oxygens (including phenoxy) is 2. The number of aromatic nitrogens is 2.